The van der Waals surface area contributed by atoms with Gasteiger partial charge >= 0.3 is 0 Å². The summed E-state index contributed by atoms with van der Waals surface area (Å²) in [5.41, 5.74) is 0. The Morgan fingerprint density at radius 2 is 0.852 bits per heavy atom. The third-order valence-electron chi connectivity index (χ3n) is 10.6. The van der Waals surface area contributed by atoms with Crippen molar-refractivity contribution < 1.29 is 25.2 Å². The van der Waals surface area contributed by atoms with Crippen LogP contribution in [-0.4, -0.2) is 57.3 Å². The molecule has 0 spiro atoms. The van der Waals surface area contributed by atoms with Gasteiger partial charge in [0.1, 0.15) is 12.2 Å². The van der Waals surface area contributed by atoms with Crippen LogP contribution < -0.4 is 5.32 Å². The SMILES string of the molecule is C/C=C/CC/C=C/CC/C=C/CCCC(O)C(O)C(CO)NC(=O)C(O)CCCCCCCCCCCC/C=C\CCCCCCCCCCCCCC. The van der Waals surface area contributed by atoms with Gasteiger partial charge in [0.05, 0.1) is 18.8 Å². The summed E-state index contributed by atoms with van der Waals surface area (Å²) in [5, 5.41) is 43.6. The van der Waals surface area contributed by atoms with Crippen LogP contribution in [-0.2, 0) is 4.79 Å². The molecule has 0 radical (unpaired) electrons. The van der Waals surface area contributed by atoms with E-state index < -0.39 is 36.9 Å². The highest BCUT2D eigenvalue weighted by Gasteiger charge is 2.28. The maximum Gasteiger partial charge on any atom is 0.249 e. The molecule has 0 heterocycles. The molecule has 1 amide bonds. The smallest absolute Gasteiger partial charge is 0.249 e. The lowest BCUT2D eigenvalue weighted by atomic mass is 10.00. The van der Waals surface area contributed by atoms with Crippen LogP contribution in [0, 0.1) is 0 Å². The number of rotatable bonds is 41. The van der Waals surface area contributed by atoms with E-state index in [0.29, 0.717) is 19.3 Å². The first kappa shape index (κ1) is 52.3. The van der Waals surface area contributed by atoms with Crippen molar-refractivity contribution in [3.8, 4) is 0 Å². The molecule has 316 valence electrons. The van der Waals surface area contributed by atoms with E-state index >= 15 is 0 Å². The van der Waals surface area contributed by atoms with Gasteiger partial charge in [-0.05, 0) is 84.0 Å². The molecule has 4 unspecified atom stereocenters. The van der Waals surface area contributed by atoms with Crippen LogP contribution in [0.2, 0.25) is 0 Å². The van der Waals surface area contributed by atoms with Crippen LogP contribution in [0.15, 0.2) is 48.6 Å². The van der Waals surface area contributed by atoms with Crippen LogP contribution in [0.3, 0.4) is 0 Å². The molecule has 0 aromatic heterocycles. The second kappa shape index (κ2) is 42.4. The molecule has 6 heteroatoms. The van der Waals surface area contributed by atoms with Crippen molar-refractivity contribution in [3.05, 3.63) is 48.6 Å². The van der Waals surface area contributed by atoms with Crippen LogP contribution in [0.1, 0.15) is 219 Å². The molecular weight excluding hydrogens is 671 g/mol. The number of unbranched alkanes of at least 4 members (excludes halogenated alkanes) is 25. The predicted octanol–water partition coefficient (Wildman–Crippen LogP) is 12.3. The Hall–Kier alpha value is -1.73. The zero-order valence-corrected chi connectivity index (χ0v) is 35.5. The van der Waals surface area contributed by atoms with E-state index in [1.807, 2.05) is 6.92 Å². The first-order chi connectivity index (χ1) is 26.5. The monoisotopic (exact) mass is 760 g/mol. The molecule has 4 atom stereocenters. The van der Waals surface area contributed by atoms with Crippen molar-refractivity contribution >= 4 is 5.91 Å². The second-order valence-electron chi connectivity index (χ2n) is 15.7. The van der Waals surface area contributed by atoms with Gasteiger partial charge in [-0.15, -0.1) is 0 Å². The Labute approximate surface area is 334 Å². The molecule has 0 bridgehead atoms. The normalized spacial score (nSPS) is 14.6. The maximum atomic E-state index is 12.5. The van der Waals surface area contributed by atoms with Gasteiger partial charge in [-0.3, -0.25) is 4.79 Å². The fourth-order valence-electron chi connectivity index (χ4n) is 6.91. The minimum atomic E-state index is -1.29. The van der Waals surface area contributed by atoms with Crippen LogP contribution in [0.4, 0.5) is 0 Å². The number of hydrogen-bond acceptors (Lipinski definition) is 5. The molecular formula is C48H89NO5. The lowest BCUT2D eigenvalue weighted by Gasteiger charge is -2.27. The van der Waals surface area contributed by atoms with E-state index in [4.69, 9.17) is 0 Å². The molecule has 0 aromatic carbocycles. The lowest BCUT2D eigenvalue weighted by Crippen LogP contribution is -2.53. The number of hydrogen-bond donors (Lipinski definition) is 5. The standard InChI is InChI=1S/C48H89NO5/c1-3-5-7-9-11-13-15-17-18-19-20-21-22-23-24-25-26-27-28-29-30-32-34-36-38-40-42-46(52)48(54)49-44(43-50)47(53)45(51)41-39-37-35-33-31-16-14-12-10-8-6-4-2/h4,6,12,14,23-24,33,35,44-47,50-53H,3,5,7-11,13,15-22,25-32,34,36-43H2,1-2H3,(H,49,54)/b6-4+,14-12+,24-23-,35-33+. The van der Waals surface area contributed by atoms with E-state index in [1.54, 1.807) is 0 Å². The summed E-state index contributed by atoms with van der Waals surface area (Å²) < 4.78 is 0. The molecule has 0 aliphatic rings. The third kappa shape index (κ3) is 35.9. The summed E-state index contributed by atoms with van der Waals surface area (Å²) in [7, 11) is 0. The number of aliphatic hydroxyl groups excluding tert-OH is 4. The fourth-order valence-corrected chi connectivity index (χ4v) is 6.91. The van der Waals surface area contributed by atoms with E-state index in [2.05, 4.69) is 60.8 Å². The summed E-state index contributed by atoms with van der Waals surface area (Å²) in [6.07, 6.45) is 51.7. The highest BCUT2D eigenvalue weighted by atomic mass is 16.3. The molecule has 54 heavy (non-hydrogen) atoms. The molecule has 0 fully saturated rings. The molecule has 0 rings (SSSR count). The Balaban J connectivity index is 3.69. The Morgan fingerprint density at radius 3 is 1.28 bits per heavy atom. The van der Waals surface area contributed by atoms with Crippen LogP contribution in [0.25, 0.3) is 0 Å². The number of amides is 1. The van der Waals surface area contributed by atoms with Crippen molar-refractivity contribution in [2.45, 2.75) is 244 Å². The van der Waals surface area contributed by atoms with Gasteiger partial charge in [0, 0.05) is 0 Å². The number of carbonyl (C=O) groups is 1. The Bertz CT molecular complexity index is 900. The van der Waals surface area contributed by atoms with E-state index in [-0.39, 0.29) is 0 Å². The summed E-state index contributed by atoms with van der Waals surface area (Å²) in [5.74, 6) is -0.603. The minimum absolute atomic E-state index is 0.356. The number of aliphatic hydroxyl groups is 4. The van der Waals surface area contributed by atoms with Crippen LogP contribution >= 0.6 is 0 Å². The first-order valence-electron chi connectivity index (χ1n) is 23.0. The molecule has 0 aromatic rings. The fraction of sp³-hybridized carbons (Fsp3) is 0.812. The zero-order valence-electron chi connectivity index (χ0n) is 35.5. The minimum Gasteiger partial charge on any atom is -0.394 e. The van der Waals surface area contributed by atoms with Crippen LogP contribution in [0.5, 0.6) is 0 Å². The highest BCUT2D eigenvalue weighted by Crippen LogP contribution is 2.15. The molecule has 0 saturated heterocycles. The van der Waals surface area contributed by atoms with Gasteiger partial charge in [0.25, 0.3) is 0 Å². The summed E-state index contributed by atoms with van der Waals surface area (Å²) in [4.78, 5) is 12.5. The molecule has 6 nitrogen and oxygen atoms in total. The Morgan fingerprint density at radius 1 is 0.481 bits per heavy atom. The predicted molar refractivity (Wildman–Crippen MR) is 233 cm³/mol. The lowest BCUT2D eigenvalue weighted by molar-refractivity contribution is -0.132. The van der Waals surface area contributed by atoms with Crippen molar-refractivity contribution in [1.82, 2.24) is 5.32 Å². The molecule has 5 N–H and O–H groups in total. The largest absolute Gasteiger partial charge is 0.394 e. The average Bonchev–Trinajstić information content (AvgIpc) is 3.18. The van der Waals surface area contributed by atoms with E-state index in [0.717, 1.165) is 51.4 Å². The van der Waals surface area contributed by atoms with Crippen molar-refractivity contribution in [2.24, 2.45) is 0 Å². The topological polar surface area (TPSA) is 110 Å². The highest BCUT2D eigenvalue weighted by molar-refractivity contribution is 5.80. The third-order valence-corrected chi connectivity index (χ3v) is 10.6. The number of nitrogens with one attached hydrogen (secondary N) is 1. The average molecular weight is 760 g/mol. The quantitative estimate of drug-likeness (QED) is 0.0315. The summed E-state index contributed by atoms with van der Waals surface area (Å²) >= 11 is 0. The summed E-state index contributed by atoms with van der Waals surface area (Å²) in [6.45, 7) is 3.82. The second-order valence-corrected chi connectivity index (χ2v) is 15.7. The van der Waals surface area contributed by atoms with Gasteiger partial charge in [-0.25, -0.2) is 0 Å². The zero-order chi connectivity index (χ0) is 39.6. The van der Waals surface area contributed by atoms with Crippen molar-refractivity contribution in [3.63, 3.8) is 0 Å². The molecule has 0 aliphatic heterocycles. The van der Waals surface area contributed by atoms with E-state index in [9.17, 15) is 25.2 Å². The Kier molecular flexibility index (Phi) is 41.1. The summed E-state index contributed by atoms with van der Waals surface area (Å²) in [6, 6.07) is -1.01. The van der Waals surface area contributed by atoms with Gasteiger partial charge in [0.15, 0.2) is 0 Å². The maximum absolute atomic E-state index is 12.5. The molecule has 0 aliphatic carbocycles. The first-order valence-corrected chi connectivity index (χ1v) is 23.0. The van der Waals surface area contributed by atoms with Gasteiger partial charge in [0.2, 0.25) is 5.91 Å². The van der Waals surface area contributed by atoms with Crippen molar-refractivity contribution in [2.75, 3.05) is 6.61 Å². The van der Waals surface area contributed by atoms with Gasteiger partial charge in [-0.1, -0.05) is 184 Å². The van der Waals surface area contributed by atoms with Crippen molar-refractivity contribution in [1.29, 1.82) is 0 Å². The number of allylic oxidation sites excluding steroid dienone is 8. The van der Waals surface area contributed by atoms with Gasteiger partial charge in [-0.2, -0.15) is 0 Å². The van der Waals surface area contributed by atoms with E-state index in [1.165, 1.54) is 135 Å². The molecule has 0 saturated carbocycles. The number of carbonyl (C=O) groups excluding carboxylic acids is 1. The van der Waals surface area contributed by atoms with Gasteiger partial charge < -0.3 is 25.7 Å².